The number of carboxylic acids is 1. The fourth-order valence-electron chi connectivity index (χ4n) is 1.03. The molecule has 0 saturated heterocycles. The van der Waals surface area contributed by atoms with Gasteiger partial charge in [-0.05, 0) is 20.8 Å². The number of nitrogens with two attached hydrogens (primary N) is 1. The number of hydrogen-bond donors (Lipinski definition) is 3. The van der Waals surface area contributed by atoms with Crippen molar-refractivity contribution in [2.24, 2.45) is 5.73 Å². The van der Waals surface area contributed by atoms with Gasteiger partial charge in [-0.15, -0.1) is 0 Å². The number of carbonyl (C=O) groups excluding carboxylic acids is 1. The monoisotopic (exact) mass is 248 g/mol. The molecule has 0 saturated carbocycles. The number of aliphatic hydroxyl groups excluding tert-OH is 1. The molecule has 0 heterocycles. The molecular weight excluding hydrogens is 228 g/mol. The minimum Gasteiger partial charge on any atom is -0.480 e. The molecule has 7 heteroatoms. The van der Waals surface area contributed by atoms with Crippen LogP contribution in [0.3, 0.4) is 0 Å². The Hall–Kier alpha value is -1.34. The van der Waals surface area contributed by atoms with Gasteiger partial charge in [-0.3, -0.25) is 9.69 Å². The lowest BCUT2D eigenvalue weighted by molar-refractivity contribution is -0.138. The quantitative estimate of drug-likeness (QED) is 0.611. The maximum Gasteiger partial charge on any atom is 0.410 e. The third kappa shape index (κ3) is 7.53. The fourth-order valence-corrected chi connectivity index (χ4v) is 1.03. The molecule has 0 aromatic rings. The first-order valence-electron chi connectivity index (χ1n) is 5.22. The zero-order valence-corrected chi connectivity index (χ0v) is 10.3. The van der Waals surface area contributed by atoms with Crippen molar-refractivity contribution in [1.82, 2.24) is 4.90 Å². The Bertz CT molecular complexity index is 274. The van der Waals surface area contributed by atoms with E-state index in [1.165, 1.54) is 0 Å². The van der Waals surface area contributed by atoms with Crippen molar-refractivity contribution in [3.8, 4) is 0 Å². The van der Waals surface area contributed by atoms with E-state index in [1.807, 2.05) is 0 Å². The second-order valence-corrected chi connectivity index (χ2v) is 4.70. The second-order valence-electron chi connectivity index (χ2n) is 4.70. The van der Waals surface area contributed by atoms with E-state index in [2.05, 4.69) is 0 Å². The van der Waals surface area contributed by atoms with Crippen LogP contribution in [0.4, 0.5) is 4.79 Å². The van der Waals surface area contributed by atoms with Crippen LogP contribution in [0.5, 0.6) is 0 Å². The number of aliphatic carboxylic acids is 1. The normalized spacial score (nSPS) is 13.0. The largest absolute Gasteiger partial charge is 0.480 e. The molecule has 0 bridgehead atoms. The van der Waals surface area contributed by atoms with Crippen molar-refractivity contribution in [3.05, 3.63) is 0 Å². The van der Waals surface area contributed by atoms with E-state index in [0.29, 0.717) is 0 Å². The van der Waals surface area contributed by atoms with Crippen molar-refractivity contribution in [2.45, 2.75) is 32.4 Å². The molecule has 4 N–H and O–H groups in total. The second kappa shape index (κ2) is 6.41. The molecule has 0 aromatic carbocycles. The zero-order valence-electron chi connectivity index (χ0n) is 10.3. The fraction of sp³-hybridized carbons (Fsp3) is 0.800. The Balaban J connectivity index is 4.56. The standard InChI is InChI=1S/C10H20N2O5/c1-10(2,3)17-9(16)12(5-8(14)15)4-7(11)6-13/h7,13H,4-6,11H2,1-3H3,(H,14,15)/t7-/m0/s1. The van der Waals surface area contributed by atoms with Gasteiger partial charge in [0.1, 0.15) is 12.1 Å². The predicted molar refractivity (Wildman–Crippen MR) is 60.5 cm³/mol. The summed E-state index contributed by atoms with van der Waals surface area (Å²) in [7, 11) is 0. The van der Waals surface area contributed by atoms with Crippen molar-refractivity contribution < 1.29 is 24.5 Å². The molecule has 1 amide bonds. The molecule has 7 nitrogen and oxygen atoms in total. The van der Waals surface area contributed by atoms with Gasteiger partial charge in [-0.1, -0.05) is 0 Å². The smallest absolute Gasteiger partial charge is 0.410 e. The summed E-state index contributed by atoms with van der Waals surface area (Å²) < 4.78 is 5.03. The van der Waals surface area contributed by atoms with Crippen LogP contribution in [-0.2, 0) is 9.53 Å². The summed E-state index contributed by atoms with van der Waals surface area (Å²) in [6, 6.07) is -0.693. The molecule has 1 atom stereocenters. The Kier molecular flexibility index (Phi) is 5.90. The zero-order chi connectivity index (χ0) is 13.6. The molecule has 0 unspecified atom stereocenters. The highest BCUT2D eigenvalue weighted by Crippen LogP contribution is 2.10. The lowest BCUT2D eigenvalue weighted by Crippen LogP contribution is -2.46. The average Bonchev–Trinajstić information content (AvgIpc) is 2.13. The van der Waals surface area contributed by atoms with Crippen molar-refractivity contribution in [3.63, 3.8) is 0 Å². The van der Waals surface area contributed by atoms with Crippen LogP contribution in [-0.4, -0.2) is 58.5 Å². The highest BCUT2D eigenvalue weighted by molar-refractivity contribution is 5.76. The first kappa shape index (κ1) is 15.7. The molecular formula is C10H20N2O5. The highest BCUT2D eigenvalue weighted by atomic mass is 16.6. The maximum atomic E-state index is 11.6. The van der Waals surface area contributed by atoms with Crippen molar-refractivity contribution in [1.29, 1.82) is 0 Å². The van der Waals surface area contributed by atoms with Crippen LogP contribution in [0.25, 0.3) is 0 Å². The molecule has 17 heavy (non-hydrogen) atoms. The van der Waals surface area contributed by atoms with E-state index < -0.39 is 30.3 Å². The van der Waals surface area contributed by atoms with E-state index in [-0.39, 0.29) is 13.2 Å². The molecule has 0 aromatic heterocycles. The number of carbonyl (C=O) groups is 2. The SMILES string of the molecule is CC(C)(C)OC(=O)N(CC(=O)O)C[C@H](N)CO. The van der Waals surface area contributed by atoms with Gasteiger partial charge in [0.25, 0.3) is 0 Å². The summed E-state index contributed by atoms with van der Waals surface area (Å²) in [4.78, 5) is 23.2. The summed E-state index contributed by atoms with van der Waals surface area (Å²) >= 11 is 0. The van der Waals surface area contributed by atoms with Crippen LogP contribution in [0, 0.1) is 0 Å². The Morgan fingerprint density at radius 2 is 1.94 bits per heavy atom. The number of ether oxygens (including phenoxy) is 1. The van der Waals surface area contributed by atoms with Gasteiger partial charge in [0, 0.05) is 12.6 Å². The molecule has 0 spiro atoms. The van der Waals surface area contributed by atoms with Crippen LogP contribution < -0.4 is 5.73 Å². The van der Waals surface area contributed by atoms with Gasteiger partial charge < -0.3 is 20.7 Å². The van der Waals surface area contributed by atoms with Gasteiger partial charge >= 0.3 is 12.1 Å². The van der Waals surface area contributed by atoms with Crippen LogP contribution >= 0.6 is 0 Å². The third-order valence-corrected chi connectivity index (χ3v) is 1.67. The Morgan fingerprint density at radius 3 is 2.29 bits per heavy atom. The van der Waals surface area contributed by atoms with E-state index >= 15 is 0 Å². The molecule has 0 rings (SSSR count). The summed E-state index contributed by atoms with van der Waals surface area (Å²) in [5.74, 6) is -1.17. The van der Waals surface area contributed by atoms with Gasteiger partial charge in [0.2, 0.25) is 0 Å². The van der Waals surface area contributed by atoms with Crippen LogP contribution in [0.1, 0.15) is 20.8 Å². The molecule has 100 valence electrons. The highest BCUT2D eigenvalue weighted by Gasteiger charge is 2.25. The number of hydrogen-bond acceptors (Lipinski definition) is 5. The molecule has 0 aliphatic heterocycles. The molecule has 0 aliphatic carbocycles. The summed E-state index contributed by atoms with van der Waals surface area (Å²) in [6.07, 6.45) is -0.760. The summed E-state index contributed by atoms with van der Waals surface area (Å²) in [6.45, 7) is 4.11. The Labute approximate surface area is 100 Å². The van der Waals surface area contributed by atoms with Crippen LogP contribution in [0.15, 0.2) is 0 Å². The number of nitrogens with zero attached hydrogens (tertiary/aromatic N) is 1. The minimum atomic E-state index is -1.17. The van der Waals surface area contributed by atoms with Gasteiger partial charge in [0.05, 0.1) is 6.61 Å². The molecule has 0 aliphatic rings. The van der Waals surface area contributed by atoms with E-state index in [1.54, 1.807) is 20.8 Å². The van der Waals surface area contributed by atoms with Gasteiger partial charge in [0.15, 0.2) is 0 Å². The lowest BCUT2D eigenvalue weighted by atomic mass is 10.2. The third-order valence-electron chi connectivity index (χ3n) is 1.67. The van der Waals surface area contributed by atoms with E-state index in [0.717, 1.165) is 4.90 Å². The van der Waals surface area contributed by atoms with Crippen molar-refractivity contribution in [2.75, 3.05) is 19.7 Å². The van der Waals surface area contributed by atoms with Gasteiger partial charge in [-0.2, -0.15) is 0 Å². The summed E-state index contributed by atoms with van der Waals surface area (Å²) in [5.41, 5.74) is 4.75. The first-order chi connectivity index (χ1) is 7.65. The number of aliphatic hydroxyl groups is 1. The molecule has 0 radical (unpaired) electrons. The Morgan fingerprint density at radius 1 is 1.41 bits per heavy atom. The minimum absolute atomic E-state index is 0.0717. The predicted octanol–water partition coefficient (Wildman–Crippen LogP) is -0.372. The topological polar surface area (TPSA) is 113 Å². The molecule has 0 fully saturated rings. The number of rotatable bonds is 5. The van der Waals surface area contributed by atoms with Crippen LogP contribution in [0.2, 0.25) is 0 Å². The van der Waals surface area contributed by atoms with Gasteiger partial charge in [-0.25, -0.2) is 4.79 Å². The first-order valence-corrected chi connectivity index (χ1v) is 5.22. The van der Waals surface area contributed by atoms with E-state index in [4.69, 9.17) is 20.7 Å². The number of amides is 1. The number of carboxylic acid groups (broad SMARTS) is 1. The average molecular weight is 248 g/mol. The lowest BCUT2D eigenvalue weighted by Gasteiger charge is -2.27. The van der Waals surface area contributed by atoms with E-state index in [9.17, 15) is 9.59 Å². The maximum absolute atomic E-state index is 11.6. The summed E-state index contributed by atoms with van der Waals surface area (Å²) in [5, 5.41) is 17.4. The van der Waals surface area contributed by atoms with Crippen molar-refractivity contribution >= 4 is 12.1 Å².